The molecular weight excluding hydrogens is 367 g/mol. The van der Waals surface area contributed by atoms with Gasteiger partial charge in [-0.1, -0.05) is 0 Å². The van der Waals surface area contributed by atoms with Crippen LogP contribution >= 0.6 is 20.5 Å². The Morgan fingerprint density at radius 2 is 2.00 bits per heavy atom. The number of hydrogen-bond donors (Lipinski definition) is 7. The molecule has 12 nitrogen and oxygen atoms in total. The molecule has 4 atom stereocenters. The number of thiol groups is 1. The predicted molar refractivity (Wildman–Crippen MR) is 79.8 cm³/mol. The number of ether oxygens (including phenoxy) is 1. The summed E-state index contributed by atoms with van der Waals surface area (Å²) in [6.07, 6.45) is -2.77. The first kappa shape index (κ1) is 19.2. The van der Waals surface area contributed by atoms with Crippen molar-refractivity contribution in [2.45, 2.75) is 29.6 Å². The Morgan fingerprint density at radius 3 is 2.54 bits per heavy atom. The molecule has 0 saturated carbocycles. The van der Waals surface area contributed by atoms with E-state index >= 15 is 0 Å². The number of nitrogens with one attached hydrogen (secondary N) is 1. The van der Waals surface area contributed by atoms with E-state index in [-0.39, 0.29) is 0 Å². The Kier molecular flexibility index (Phi) is 6.25. The molecule has 0 radical (unpaired) electrons. The van der Waals surface area contributed by atoms with Crippen LogP contribution in [0, 0.1) is 0 Å². The molecule has 3 rings (SSSR count). The van der Waals surface area contributed by atoms with E-state index in [0.717, 1.165) is 5.52 Å². The fourth-order valence-corrected chi connectivity index (χ4v) is 2.50. The summed E-state index contributed by atoms with van der Waals surface area (Å²) in [6, 6.07) is 0. The molecule has 134 valence electrons. The zero-order valence-corrected chi connectivity index (χ0v) is 13.7. The molecule has 1 saturated heterocycles. The van der Waals surface area contributed by atoms with E-state index in [1.54, 1.807) is 6.33 Å². The minimum Gasteiger partial charge on any atom is -0.394 e. The fourth-order valence-electron chi connectivity index (χ4n) is 1.84. The van der Waals surface area contributed by atoms with E-state index in [4.69, 9.17) is 25.1 Å². The molecule has 3 heterocycles. The number of hydrogen-bond acceptors (Lipinski definition) is 10. The number of rotatable bonds is 3. The van der Waals surface area contributed by atoms with Gasteiger partial charge in [0.25, 0.3) is 0 Å². The summed E-state index contributed by atoms with van der Waals surface area (Å²) < 4.78 is 19.1. The fraction of sp³-hybridized carbons (Fsp3) is 0.500. The lowest BCUT2D eigenvalue weighted by atomic mass is 10.1. The van der Waals surface area contributed by atoms with Crippen molar-refractivity contribution in [3.8, 4) is 0 Å². The van der Waals surface area contributed by atoms with Crippen LogP contribution in [0.5, 0.6) is 0 Å². The molecule has 1 unspecified atom stereocenters. The summed E-state index contributed by atoms with van der Waals surface area (Å²) in [7, 11) is -4.79. The molecule has 1 aliphatic rings. The average molecular weight is 382 g/mol. The van der Waals surface area contributed by atoms with Crippen molar-refractivity contribution in [1.82, 2.24) is 19.9 Å². The van der Waals surface area contributed by atoms with Crippen LogP contribution in [0.2, 0.25) is 0 Å². The van der Waals surface area contributed by atoms with Crippen molar-refractivity contribution < 1.29 is 38.9 Å². The zero-order chi connectivity index (χ0) is 17.9. The molecular formula is C10H15N4O8PS. The average Bonchev–Trinajstić information content (AvgIpc) is 3.08. The molecule has 1 fully saturated rings. The summed E-state index contributed by atoms with van der Waals surface area (Å²) in [5.41, 5.74) is 1.44. The van der Waals surface area contributed by atoms with Crippen molar-refractivity contribution in [2.75, 3.05) is 6.61 Å². The number of aromatic nitrogens is 4. The van der Waals surface area contributed by atoms with Gasteiger partial charge in [-0.25, -0.2) is 19.5 Å². The highest BCUT2D eigenvalue weighted by Crippen LogP contribution is 2.40. The summed E-state index contributed by atoms with van der Waals surface area (Å²) in [4.78, 5) is 31.3. The van der Waals surface area contributed by atoms with E-state index in [1.165, 1.54) is 6.33 Å². The van der Waals surface area contributed by atoms with Gasteiger partial charge in [-0.15, -0.1) is 12.6 Å². The number of H-pyrrole nitrogens is 1. The lowest BCUT2D eigenvalue weighted by molar-refractivity contribution is -0.126. The van der Waals surface area contributed by atoms with Crippen LogP contribution in [0.4, 0.5) is 0 Å². The quantitative estimate of drug-likeness (QED) is 0.180. The molecule has 2 aromatic rings. The van der Waals surface area contributed by atoms with Gasteiger partial charge >= 0.3 is 7.82 Å². The number of imidazole rings is 1. The monoisotopic (exact) mass is 382 g/mol. The maximum absolute atomic E-state index is 10.4. The number of phosphoric acid groups is 1. The number of phosphoric ester groups is 1. The summed E-state index contributed by atoms with van der Waals surface area (Å²) in [6.45, 7) is -0.584. The second-order valence-electron chi connectivity index (χ2n) is 4.60. The van der Waals surface area contributed by atoms with Crippen molar-refractivity contribution in [3.05, 3.63) is 12.7 Å². The minimum absolute atomic E-state index is 0.584. The molecule has 0 bridgehead atoms. The number of aliphatic hydroxyl groups excluding tert-OH is 3. The Bertz CT molecular complexity index is 726. The van der Waals surface area contributed by atoms with Crippen LogP contribution in [-0.2, 0) is 13.8 Å². The van der Waals surface area contributed by atoms with Crippen molar-refractivity contribution in [3.63, 3.8) is 0 Å². The topological polar surface area (TPSA) is 191 Å². The number of aromatic amines is 1. The van der Waals surface area contributed by atoms with Crippen LogP contribution in [0.15, 0.2) is 17.7 Å². The largest absolute Gasteiger partial charge is 0.472 e. The lowest BCUT2D eigenvalue weighted by Gasteiger charge is -2.15. The predicted octanol–water partition coefficient (Wildman–Crippen LogP) is -1.82. The van der Waals surface area contributed by atoms with Gasteiger partial charge in [0.05, 0.1) is 12.9 Å². The summed E-state index contributed by atoms with van der Waals surface area (Å²) in [5.74, 6) is 0. The Morgan fingerprint density at radius 1 is 1.29 bits per heavy atom. The van der Waals surface area contributed by atoms with Gasteiger partial charge in [-0.2, -0.15) is 0 Å². The Balaban J connectivity index is 0.000000182. The first-order chi connectivity index (χ1) is 11.2. The van der Waals surface area contributed by atoms with Crippen LogP contribution in [0.1, 0.15) is 0 Å². The van der Waals surface area contributed by atoms with Gasteiger partial charge < -0.3 is 34.8 Å². The van der Waals surface area contributed by atoms with Crippen molar-refractivity contribution >= 4 is 31.6 Å². The number of nitrogens with zero attached hydrogens (tertiary/aromatic N) is 3. The second-order valence-corrected chi connectivity index (χ2v) is 6.22. The normalized spacial score (nSPS) is 27.1. The third kappa shape index (κ3) is 4.69. The van der Waals surface area contributed by atoms with Crippen LogP contribution in [0.25, 0.3) is 11.2 Å². The van der Waals surface area contributed by atoms with E-state index in [9.17, 15) is 4.57 Å². The second kappa shape index (κ2) is 7.82. The smallest absolute Gasteiger partial charge is 0.394 e. The highest BCUT2D eigenvalue weighted by molar-refractivity contribution is 7.80. The lowest BCUT2D eigenvalue weighted by Crippen LogP contribution is -2.34. The highest BCUT2D eigenvalue weighted by atomic mass is 32.1. The van der Waals surface area contributed by atoms with E-state index < -0.39 is 39.0 Å². The zero-order valence-electron chi connectivity index (χ0n) is 11.9. The molecule has 0 amide bonds. The van der Waals surface area contributed by atoms with Crippen LogP contribution in [0.3, 0.4) is 0 Å². The maximum Gasteiger partial charge on any atom is 0.472 e. The molecule has 24 heavy (non-hydrogen) atoms. The third-order valence-corrected chi connectivity index (χ3v) is 3.76. The van der Waals surface area contributed by atoms with Crippen molar-refractivity contribution in [1.29, 1.82) is 0 Å². The standard InChI is InChI=1S/C5H4N4S.C5H11O8P/c10-5-3-4(7-1-6-3)8-2-9-5;6-1-2-3(7)4(8)5(12-2)13-14(9,10)11/h1-2H,(H2,6,7,8,9,10);2-8H,1H2,(H2,9,10,11)/t;2-,3-,4-,5?/m.1/s1. The number of aliphatic hydroxyl groups is 3. The SMILES string of the molecule is O=P(O)(O)OC1O[C@H](CO)[C@@H](O)[C@H]1O.Sc1ncnc2nc[nH]c12. The molecule has 0 aromatic carbocycles. The van der Waals surface area contributed by atoms with Gasteiger partial charge in [0.1, 0.15) is 35.2 Å². The third-order valence-electron chi connectivity index (χ3n) is 2.94. The molecule has 14 heteroatoms. The maximum atomic E-state index is 10.4. The van der Waals surface area contributed by atoms with Crippen molar-refractivity contribution in [2.24, 2.45) is 0 Å². The van der Waals surface area contributed by atoms with E-state index in [2.05, 4.69) is 41.8 Å². The van der Waals surface area contributed by atoms with Gasteiger partial charge in [0, 0.05) is 0 Å². The molecule has 0 spiro atoms. The Hall–Kier alpha value is -1.15. The molecule has 6 N–H and O–H groups in total. The summed E-state index contributed by atoms with van der Waals surface area (Å²) in [5, 5.41) is 27.6. The molecule has 1 aliphatic heterocycles. The van der Waals surface area contributed by atoms with Gasteiger partial charge in [0.15, 0.2) is 11.9 Å². The highest BCUT2D eigenvalue weighted by Gasteiger charge is 2.45. The number of fused-ring (bicyclic) bond motifs is 1. The van der Waals surface area contributed by atoms with Crippen LogP contribution in [-0.4, -0.2) is 76.3 Å². The first-order valence-electron chi connectivity index (χ1n) is 6.42. The van der Waals surface area contributed by atoms with Gasteiger partial charge in [-0.05, 0) is 0 Å². The molecule has 0 aliphatic carbocycles. The van der Waals surface area contributed by atoms with Crippen LogP contribution < -0.4 is 0 Å². The Labute approximate surface area is 140 Å². The van der Waals surface area contributed by atoms with Gasteiger partial charge in [0.2, 0.25) is 0 Å². The van der Waals surface area contributed by atoms with E-state index in [1.807, 2.05) is 0 Å². The summed E-state index contributed by atoms with van der Waals surface area (Å²) >= 11 is 4.09. The van der Waals surface area contributed by atoms with Gasteiger partial charge in [-0.3, -0.25) is 4.52 Å². The minimum atomic E-state index is -4.79. The first-order valence-corrected chi connectivity index (χ1v) is 8.40. The van der Waals surface area contributed by atoms with E-state index in [0.29, 0.717) is 10.7 Å². The molecule has 2 aromatic heterocycles.